The van der Waals surface area contributed by atoms with E-state index in [-0.39, 0.29) is 12.5 Å². The molecule has 0 radical (unpaired) electrons. The minimum Gasteiger partial charge on any atom is -0.388 e. The predicted molar refractivity (Wildman–Crippen MR) is 66.0 cm³/mol. The van der Waals surface area contributed by atoms with E-state index >= 15 is 0 Å². The number of carbonyl (C=O) groups is 1. The molecule has 96 valence electrons. The molecule has 0 heterocycles. The maximum Gasteiger partial charge on any atom is 0.237 e. The van der Waals surface area contributed by atoms with Crippen LogP contribution in [0.5, 0.6) is 0 Å². The van der Waals surface area contributed by atoms with E-state index in [0.29, 0.717) is 25.2 Å². The SMILES string of the molecule is CCC(O)(CC)CNC(=O)[C@H](N)CC(C)C. The highest BCUT2D eigenvalue weighted by atomic mass is 16.3. The molecule has 1 atom stereocenters. The molecule has 0 rings (SSSR count). The van der Waals surface area contributed by atoms with Crippen LogP contribution in [0.2, 0.25) is 0 Å². The Morgan fingerprint density at radius 1 is 1.38 bits per heavy atom. The van der Waals surface area contributed by atoms with Gasteiger partial charge in [0.2, 0.25) is 5.91 Å². The summed E-state index contributed by atoms with van der Waals surface area (Å²) >= 11 is 0. The molecule has 0 aliphatic heterocycles. The molecule has 4 heteroatoms. The molecule has 0 aromatic heterocycles. The maximum atomic E-state index is 11.6. The molecule has 0 saturated carbocycles. The summed E-state index contributed by atoms with van der Waals surface area (Å²) in [6.07, 6.45) is 1.93. The van der Waals surface area contributed by atoms with Crippen molar-refractivity contribution in [3.63, 3.8) is 0 Å². The molecule has 0 saturated heterocycles. The number of carbonyl (C=O) groups excluding carboxylic acids is 1. The van der Waals surface area contributed by atoms with Crippen molar-refractivity contribution in [2.24, 2.45) is 11.7 Å². The van der Waals surface area contributed by atoms with Crippen molar-refractivity contribution >= 4 is 5.91 Å². The first-order valence-corrected chi connectivity index (χ1v) is 6.10. The van der Waals surface area contributed by atoms with Gasteiger partial charge in [-0.05, 0) is 25.2 Å². The first-order chi connectivity index (χ1) is 7.34. The van der Waals surface area contributed by atoms with Gasteiger partial charge in [0.15, 0.2) is 0 Å². The van der Waals surface area contributed by atoms with Gasteiger partial charge in [0, 0.05) is 6.54 Å². The molecule has 0 aromatic carbocycles. The van der Waals surface area contributed by atoms with Gasteiger partial charge in [-0.15, -0.1) is 0 Å². The summed E-state index contributed by atoms with van der Waals surface area (Å²) in [5, 5.41) is 12.7. The van der Waals surface area contributed by atoms with Crippen LogP contribution in [0, 0.1) is 5.92 Å². The second-order valence-corrected chi connectivity index (χ2v) is 4.89. The molecule has 4 N–H and O–H groups in total. The molecule has 1 amide bonds. The van der Waals surface area contributed by atoms with Gasteiger partial charge >= 0.3 is 0 Å². The lowest BCUT2D eigenvalue weighted by Crippen LogP contribution is -2.48. The Bertz CT molecular complexity index is 213. The fraction of sp³-hybridized carbons (Fsp3) is 0.917. The first-order valence-electron chi connectivity index (χ1n) is 6.10. The summed E-state index contributed by atoms with van der Waals surface area (Å²) in [5.74, 6) is 0.228. The van der Waals surface area contributed by atoms with Crippen molar-refractivity contribution in [3.05, 3.63) is 0 Å². The van der Waals surface area contributed by atoms with Crippen molar-refractivity contribution in [1.82, 2.24) is 5.32 Å². The van der Waals surface area contributed by atoms with Gasteiger partial charge in [0.25, 0.3) is 0 Å². The van der Waals surface area contributed by atoms with E-state index in [9.17, 15) is 9.90 Å². The molecule has 0 aromatic rings. The number of amides is 1. The normalized spacial score (nSPS) is 13.9. The molecule has 0 aliphatic carbocycles. The highest BCUT2D eigenvalue weighted by Crippen LogP contribution is 2.13. The average Bonchev–Trinajstić information content (AvgIpc) is 2.24. The zero-order valence-corrected chi connectivity index (χ0v) is 10.9. The molecule has 0 aliphatic rings. The lowest BCUT2D eigenvalue weighted by atomic mass is 9.97. The quantitative estimate of drug-likeness (QED) is 0.611. The monoisotopic (exact) mass is 230 g/mol. The maximum absolute atomic E-state index is 11.6. The molecule has 0 spiro atoms. The van der Waals surface area contributed by atoms with Gasteiger partial charge in [0.1, 0.15) is 0 Å². The smallest absolute Gasteiger partial charge is 0.237 e. The van der Waals surface area contributed by atoms with Gasteiger partial charge in [-0.25, -0.2) is 0 Å². The van der Waals surface area contributed by atoms with Crippen molar-refractivity contribution in [1.29, 1.82) is 0 Å². The van der Waals surface area contributed by atoms with E-state index in [2.05, 4.69) is 5.32 Å². The van der Waals surface area contributed by atoms with Crippen LogP contribution in [-0.4, -0.2) is 29.2 Å². The molecule has 0 bridgehead atoms. The minimum atomic E-state index is -0.798. The summed E-state index contributed by atoms with van der Waals surface area (Å²) < 4.78 is 0. The van der Waals surface area contributed by atoms with E-state index in [1.807, 2.05) is 27.7 Å². The van der Waals surface area contributed by atoms with E-state index in [1.165, 1.54) is 0 Å². The van der Waals surface area contributed by atoms with Gasteiger partial charge in [-0.2, -0.15) is 0 Å². The third-order valence-corrected chi connectivity index (χ3v) is 2.97. The standard InChI is InChI=1S/C12H26N2O2/c1-5-12(16,6-2)8-14-11(15)10(13)7-9(3)4/h9-10,16H,5-8,13H2,1-4H3,(H,14,15)/t10-/m1/s1. The fourth-order valence-corrected chi connectivity index (χ4v) is 1.50. The Hall–Kier alpha value is -0.610. The third kappa shape index (κ3) is 5.47. The molecular weight excluding hydrogens is 204 g/mol. The fourth-order valence-electron chi connectivity index (χ4n) is 1.50. The van der Waals surface area contributed by atoms with Crippen LogP contribution in [-0.2, 0) is 4.79 Å². The van der Waals surface area contributed by atoms with E-state index in [1.54, 1.807) is 0 Å². The number of hydrogen-bond donors (Lipinski definition) is 3. The van der Waals surface area contributed by atoms with Gasteiger partial charge in [-0.3, -0.25) is 4.79 Å². The summed E-state index contributed by atoms with van der Waals surface area (Å²) in [6, 6.07) is -0.474. The summed E-state index contributed by atoms with van der Waals surface area (Å²) in [4.78, 5) is 11.6. The Kier molecular flexibility index (Phi) is 6.60. The number of rotatable bonds is 7. The Balaban J connectivity index is 4.06. The predicted octanol–water partition coefficient (Wildman–Crippen LogP) is 1.03. The van der Waals surface area contributed by atoms with Crippen molar-refractivity contribution in [3.8, 4) is 0 Å². The topological polar surface area (TPSA) is 75.3 Å². The van der Waals surface area contributed by atoms with Crippen molar-refractivity contribution in [2.45, 2.75) is 58.6 Å². The van der Waals surface area contributed by atoms with Crippen molar-refractivity contribution in [2.75, 3.05) is 6.54 Å². The zero-order valence-electron chi connectivity index (χ0n) is 10.9. The van der Waals surface area contributed by atoms with Gasteiger partial charge in [0.05, 0.1) is 11.6 Å². The van der Waals surface area contributed by atoms with Crippen LogP contribution in [0.1, 0.15) is 47.0 Å². The molecule has 16 heavy (non-hydrogen) atoms. The van der Waals surface area contributed by atoms with Crippen LogP contribution in [0.15, 0.2) is 0 Å². The van der Waals surface area contributed by atoms with Crippen LogP contribution in [0.3, 0.4) is 0 Å². The second-order valence-electron chi connectivity index (χ2n) is 4.89. The molecule has 0 fully saturated rings. The highest BCUT2D eigenvalue weighted by molar-refractivity contribution is 5.81. The minimum absolute atomic E-state index is 0.172. The Morgan fingerprint density at radius 3 is 2.25 bits per heavy atom. The lowest BCUT2D eigenvalue weighted by molar-refractivity contribution is -0.124. The summed E-state index contributed by atoms with van der Waals surface area (Å²) in [7, 11) is 0. The number of nitrogens with one attached hydrogen (secondary N) is 1. The lowest BCUT2D eigenvalue weighted by Gasteiger charge is -2.26. The Labute approximate surface area is 98.6 Å². The molecular formula is C12H26N2O2. The van der Waals surface area contributed by atoms with E-state index in [4.69, 9.17) is 5.73 Å². The van der Waals surface area contributed by atoms with Crippen LogP contribution < -0.4 is 11.1 Å². The molecule has 4 nitrogen and oxygen atoms in total. The first kappa shape index (κ1) is 15.4. The highest BCUT2D eigenvalue weighted by Gasteiger charge is 2.24. The van der Waals surface area contributed by atoms with Crippen LogP contribution >= 0.6 is 0 Å². The average molecular weight is 230 g/mol. The second kappa shape index (κ2) is 6.86. The van der Waals surface area contributed by atoms with E-state index in [0.717, 1.165) is 0 Å². The summed E-state index contributed by atoms with van der Waals surface area (Å²) in [6.45, 7) is 8.15. The number of nitrogens with two attached hydrogens (primary N) is 1. The van der Waals surface area contributed by atoms with Crippen LogP contribution in [0.4, 0.5) is 0 Å². The molecule has 0 unspecified atom stereocenters. The third-order valence-electron chi connectivity index (χ3n) is 2.97. The van der Waals surface area contributed by atoms with Crippen molar-refractivity contribution < 1.29 is 9.90 Å². The number of aliphatic hydroxyl groups is 1. The number of hydrogen-bond acceptors (Lipinski definition) is 3. The van der Waals surface area contributed by atoms with E-state index < -0.39 is 11.6 Å². The van der Waals surface area contributed by atoms with Gasteiger partial charge in [-0.1, -0.05) is 27.7 Å². The largest absolute Gasteiger partial charge is 0.388 e. The summed E-state index contributed by atoms with van der Waals surface area (Å²) in [5.41, 5.74) is 4.94. The Morgan fingerprint density at radius 2 is 1.88 bits per heavy atom. The van der Waals surface area contributed by atoms with Crippen LogP contribution in [0.25, 0.3) is 0 Å². The zero-order chi connectivity index (χ0) is 12.8. The van der Waals surface area contributed by atoms with Gasteiger partial charge < -0.3 is 16.2 Å².